The van der Waals surface area contributed by atoms with Crippen LogP contribution < -0.4 is 4.74 Å². The molecule has 0 aromatic carbocycles. The second-order valence-electron chi connectivity index (χ2n) is 2.95. The molecule has 5 heteroatoms. The fraction of sp³-hybridized carbons (Fsp3) is 0.300. The summed E-state index contributed by atoms with van der Waals surface area (Å²) in [5, 5.41) is 0.876. The van der Waals surface area contributed by atoms with Crippen LogP contribution in [0.2, 0.25) is 0 Å². The molecule has 4 nitrogen and oxygen atoms in total. The van der Waals surface area contributed by atoms with E-state index in [-0.39, 0.29) is 0 Å². The first-order chi connectivity index (χ1) is 7.29. The summed E-state index contributed by atoms with van der Waals surface area (Å²) >= 11 is 1.60. The number of hydrogen-bond donors (Lipinski definition) is 0. The van der Waals surface area contributed by atoms with E-state index < -0.39 is 0 Å². The van der Waals surface area contributed by atoms with E-state index >= 15 is 0 Å². The fourth-order valence-electron chi connectivity index (χ4n) is 1.14. The first-order valence-electron chi connectivity index (χ1n) is 4.67. The average Bonchev–Trinajstić information content (AvgIpc) is 2.66. The molecule has 0 spiro atoms. The largest absolute Gasteiger partial charge is 0.477 e. The summed E-state index contributed by atoms with van der Waals surface area (Å²) in [6, 6.07) is 0. The number of ether oxygens (including phenoxy) is 1. The van der Waals surface area contributed by atoms with Crippen LogP contribution in [-0.4, -0.2) is 21.6 Å². The van der Waals surface area contributed by atoms with E-state index in [4.69, 9.17) is 4.74 Å². The van der Waals surface area contributed by atoms with Crippen LogP contribution in [0.15, 0.2) is 18.6 Å². The van der Waals surface area contributed by atoms with Crippen LogP contribution in [0.25, 0.3) is 10.7 Å². The zero-order chi connectivity index (χ0) is 10.7. The molecular weight excluding hydrogens is 210 g/mol. The highest BCUT2D eigenvalue weighted by atomic mass is 32.1. The van der Waals surface area contributed by atoms with Gasteiger partial charge in [0.1, 0.15) is 10.7 Å². The van der Waals surface area contributed by atoms with Gasteiger partial charge in [-0.3, -0.25) is 4.98 Å². The van der Waals surface area contributed by atoms with Gasteiger partial charge >= 0.3 is 0 Å². The van der Waals surface area contributed by atoms with Crippen molar-refractivity contribution in [1.29, 1.82) is 0 Å². The van der Waals surface area contributed by atoms with Gasteiger partial charge in [0.2, 0.25) is 5.88 Å². The SMILES string of the molecule is CCOc1cncc(-c2ncc(C)s2)n1. The molecule has 0 aliphatic heterocycles. The van der Waals surface area contributed by atoms with Crippen molar-refractivity contribution >= 4 is 11.3 Å². The number of thiazole rings is 1. The van der Waals surface area contributed by atoms with E-state index in [1.54, 1.807) is 23.7 Å². The van der Waals surface area contributed by atoms with E-state index in [0.29, 0.717) is 12.5 Å². The van der Waals surface area contributed by atoms with E-state index in [9.17, 15) is 0 Å². The Kier molecular flexibility index (Phi) is 2.91. The molecule has 2 rings (SSSR count). The van der Waals surface area contributed by atoms with Crippen molar-refractivity contribution in [2.24, 2.45) is 0 Å². The summed E-state index contributed by atoms with van der Waals surface area (Å²) in [6.07, 6.45) is 5.13. The van der Waals surface area contributed by atoms with Gasteiger partial charge in [0, 0.05) is 11.1 Å². The van der Waals surface area contributed by atoms with Gasteiger partial charge in [-0.1, -0.05) is 0 Å². The van der Waals surface area contributed by atoms with Gasteiger partial charge in [-0.05, 0) is 13.8 Å². The van der Waals surface area contributed by atoms with E-state index in [1.165, 1.54) is 0 Å². The third-order valence-electron chi connectivity index (χ3n) is 1.75. The fourth-order valence-corrected chi connectivity index (χ4v) is 1.86. The summed E-state index contributed by atoms with van der Waals surface area (Å²) < 4.78 is 5.28. The minimum absolute atomic E-state index is 0.544. The second kappa shape index (κ2) is 4.35. The van der Waals surface area contributed by atoms with Crippen molar-refractivity contribution < 1.29 is 4.74 Å². The highest BCUT2D eigenvalue weighted by Gasteiger charge is 2.05. The molecule has 0 atom stereocenters. The second-order valence-corrected chi connectivity index (χ2v) is 4.19. The molecule has 0 amide bonds. The van der Waals surface area contributed by atoms with Crippen molar-refractivity contribution in [3.05, 3.63) is 23.5 Å². The van der Waals surface area contributed by atoms with Gasteiger partial charge in [-0.25, -0.2) is 9.97 Å². The van der Waals surface area contributed by atoms with Crippen molar-refractivity contribution in [2.45, 2.75) is 13.8 Å². The topological polar surface area (TPSA) is 47.9 Å². The quantitative estimate of drug-likeness (QED) is 0.798. The van der Waals surface area contributed by atoms with E-state index in [0.717, 1.165) is 15.6 Å². The molecule has 0 fully saturated rings. The summed E-state index contributed by atoms with van der Waals surface area (Å²) in [7, 11) is 0. The predicted octanol–water partition coefficient (Wildman–Crippen LogP) is 2.31. The molecule has 78 valence electrons. The van der Waals surface area contributed by atoms with Gasteiger partial charge in [0.05, 0.1) is 19.0 Å². The molecule has 2 aromatic rings. The molecule has 0 aliphatic carbocycles. The molecular formula is C10H11N3OS. The molecule has 0 unspecified atom stereocenters. The average molecular weight is 221 g/mol. The maximum atomic E-state index is 5.28. The van der Waals surface area contributed by atoms with Crippen LogP contribution in [0.5, 0.6) is 5.88 Å². The lowest BCUT2D eigenvalue weighted by molar-refractivity contribution is 0.325. The molecule has 0 saturated carbocycles. The smallest absolute Gasteiger partial charge is 0.232 e. The highest BCUT2D eigenvalue weighted by Crippen LogP contribution is 2.23. The summed E-state index contributed by atoms with van der Waals surface area (Å²) in [4.78, 5) is 13.8. The Morgan fingerprint density at radius 3 is 2.87 bits per heavy atom. The zero-order valence-corrected chi connectivity index (χ0v) is 9.41. The molecule has 0 N–H and O–H groups in total. The Bertz CT molecular complexity index is 455. The van der Waals surface area contributed by atoms with Gasteiger partial charge in [-0.15, -0.1) is 11.3 Å². The van der Waals surface area contributed by atoms with Crippen LogP contribution >= 0.6 is 11.3 Å². The number of hydrogen-bond acceptors (Lipinski definition) is 5. The summed E-state index contributed by atoms with van der Waals surface area (Å²) in [5.74, 6) is 0.544. The molecule has 0 radical (unpaired) electrons. The van der Waals surface area contributed by atoms with Crippen molar-refractivity contribution in [3.63, 3.8) is 0 Å². The monoisotopic (exact) mass is 221 g/mol. The Labute approximate surface area is 92.0 Å². The Balaban J connectivity index is 2.32. The first-order valence-corrected chi connectivity index (χ1v) is 5.49. The van der Waals surface area contributed by atoms with E-state index in [1.807, 2.05) is 20.0 Å². The molecule has 15 heavy (non-hydrogen) atoms. The summed E-state index contributed by atoms with van der Waals surface area (Å²) in [6.45, 7) is 4.53. The number of rotatable bonds is 3. The normalized spacial score (nSPS) is 10.3. The van der Waals surface area contributed by atoms with Gasteiger partial charge in [-0.2, -0.15) is 0 Å². The van der Waals surface area contributed by atoms with Gasteiger partial charge in [0.15, 0.2) is 0 Å². The standard InChI is InChI=1S/C10H11N3OS/c1-3-14-9-6-11-5-8(13-9)10-12-4-7(2)15-10/h4-6H,3H2,1-2H3. The lowest BCUT2D eigenvalue weighted by Gasteiger charge is -2.01. The van der Waals surface area contributed by atoms with Crippen LogP contribution in [0, 0.1) is 6.92 Å². The molecule has 0 bridgehead atoms. The van der Waals surface area contributed by atoms with Gasteiger partial charge < -0.3 is 4.74 Å². The number of aromatic nitrogens is 3. The highest BCUT2D eigenvalue weighted by molar-refractivity contribution is 7.14. The molecule has 2 aromatic heterocycles. The van der Waals surface area contributed by atoms with Gasteiger partial charge in [0.25, 0.3) is 0 Å². The van der Waals surface area contributed by atoms with E-state index in [2.05, 4.69) is 15.0 Å². The zero-order valence-electron chi connectivity index (χ0n) is 8.60. The van der Waals surface area contributed by atoms with Crippen LogP contribution in [0.1, 0.15) is 11.8 Å². The number of nitrogens with zero attached hydrogens (tertiary/aromatic N) is 3. The maximum Gasteiger partial charge on any atom is 0.232 e. The maximum absolute atomic E-state index is 5.28. The lowest BCUT2D eigenvalue weighted by atomic mass is 10.5. The molecule has 0 aliphatic rings. The third-order valence-corrected chi connectivity index (χ3v) is 2.68. The van der Waals surface area contributed by atoms with Crippen LogP contribution in [0.4, 0.5) is 0 Å². The predicted molar refractivity (Wildman–Crippen MR) is 59.0 cm³/mol. The van der Waals surface area contributed by atoms with Crippen molar-refractivity contribution in [3.8, 4) is 16.6 Å². The minimum Gasteiger partial charge on any atom is -0.477 e. The number of aryl methyl sites for hydroxylation is 1. The third kappa shape index (κ3) is 2.30. The van der Waals surface area contributed by atoms with Crippen molar-refractivity contribution in [1.82, 2.24) is 15.0 Å². The van der Waals surface area contributed by atoms with Crippen LogP contribution in [-0.2, 0) is 0 Å². The first kappa shape index (κ1) is 10.0. The Morgan fingerprint density at radius 2 is 2.20 bits per heavy atom. The Hall–Kier alpha value is -1.49. The van der Waals surface area contributed by atoms with Crippen molar-refractivity contribution in [2.75, 3.05) is 6.61 Å². The Morgan fingerprint density at radius 1 is 1.33 bits per heavy atom. The summed E-state index contributed by atoms with van der Waals surface area (Å²) in [5.41, 5.74) is 0.763. The lowest BCUT2D eigenvalue weighted by Crippen LogP contribution is -1.96. The van der Waals surface area contributed by atoms with Crippen LogP contribution in [0.3, 0.4) is 0 Å². The minimum atomic E-state index is 0.544. The molecule has 0 saturated heterocycles. The molecule has 2 heterocycles.